The minimum atomic E-state index is -0.339. The van der Waals surface area contributed by atoms with E-state index in [1.54, 1.807) is 7.11 Å². The van der Waals surface area contributed by atoms with Crippen molar-refractivity contribution in [1.82, 2.24) is 0 Å². The number of halogens is 2. The third kappa shape index (κ3) is 3.85. The predicted octanol–water partition coefficient (Wildman–Crippen LogP) is 3.01. The Balaban J connectivity index is 3.00. The van der Waals surface area contributed by atoms with E-state index in [4.69, 9.17) is 10.5 Å². The quantitative estimate of drug-likeness (QED) is 0.925. The van der Waals surface area contributed by atoms with Gasteiger partial charge in [-0.3, -0.25) is 0 Å². The average molecular weight is 290 g/mol. The molecule has 1 rings (SSSR count). The predicted molar refractivity (Wildman–Crippen MR) is 66.8 cm³/mol. The molecule has 1 aromatic rings. The first kappa shape index (κ1) is 13.6. The summed E-state index contributed by atoms with van der Waals surface area (Å²) in [6.45, 7) is 4.10. The number of hydrogen-bond acceptors (Lipinski definition) is 2. The van der Waals surface area contributed by atoms with Gasteiger partial charge in [0.05, 0.1) is 6.61 Å². The molecule has 90 valence electrons. The van der Waals surface area contributed by atoms with E-state index in [1.165, 1.54) is 6.07 Å². The summed E-state index contributed by atoms with van der Waals surface area (Å²) in [5, 5.41) is 0. The second-order valence-corrected chi connectivity index (χ2v) is 5.49. The first-order valence-electron chi connectivity index (χ1n) is 5.08. The van der Waals surface area contributed by atoms with Crippen LogP contribution in [0.3, 0.4) is 0 Å². The Labute approximate surface area is 104 Å². The first-order valence-corrected chi connectivity index (χ1v) is 5.87. The van der Waals surface area contributed by atoms with Crippen LogP contribution in [-0.4, -0.2) is 12.6 Å². The van der Waals surface area contributed by atoms with Crippen LogP contribution in [0.1, 0.15) is 25.0 Å². The van der Waals surface area contributed by atoms with E-state index in [1.807, 2.05) is 19.9 Å². The van der Waals surface area contributed by atoms with Crippen LogP contribution < -0.4 is 5.73 Å². The van der Waals surface area contributed by atoms with Crippen LogP contribution in [0.5, 0.6) is 0 Å². The molecule has 0 saturated heterocycles. The molecule has 0 unspecified atom stereocenters. The highest BCUT2D eigenvalue weighted by atomic mass is 79.9. The average Bonchev–Trinajstić information content (AvgIpc) is 2.08. The van der Waals surface area contributed by atoms with Gasteiger partial charge in [-0.05, 0) is 38.0 Å². The molecule has 0 fully saturated rings. The fourth-order valence-corrected chi connectivity index (χ4v) is 2.16. The van der Waals surface area contributed by atoms with E-state index in [0.29, 0.717) is 12.0 Å². The molecule has 1 aromatic carbocycles. The Bertz CT molecular complexity index is 351. The lowest BCUT2D eigenvalue weighted by Gasteiger charge is -2.19. The highest BCUT2D eigenvalue weighted by Crippen LogP contribution is 2.24. The number of ether oxygens (including phenoxy) is 1. The smallest absolute Gasteiger partial charge is 0.130 e. The van der Waals surface area contributed by atoms with Crippen LogP contribution in [0.2, 0.25) is 0 Å². The molecule has 0 aromatic heterocycles. The summed E-state index contributed by atoms with van der Waals surface area (Å²) in [6, 6.07) is 3.42. The maximum Gasteiger partial charge on any atom is 0.130 e. The van der Waals surface area contributed by atoms with Crippen molar-refractivity contribution >= 4 is 15.9 Å². The minimum absolute atomic E-state index is 0.254. The summed E-state index contributed by atoms with van der Waals surface area (Å²) in [6.07, 6.45) is 0.635. The van der Waals surface area contributed by atoms with Gasteiger partial charge in [0.25, 0.3) is 0 Å². The van der Waals surface area contributed by atoms with Crippen molar-refractivity contribution in [2.45, 2.75) is 32.4 Å². The van der Waals surface area contributed by atoms with Gasteiger partial charge in [0.2, 0.25) is 0 Å². The Morgan fingerprint density at radius 2 is 2.06 bits per heavy atom. The highest BCUT2D eigenvalue weighted by Gasteiger charge is 2.15. The van der Waals surface area contributed by atoms with Gasteiger partial charge in [0.15, 0.2) is 0 Å². The largest absolute Gasteiger partial charge is 0.380 e. The van der Waals surface area contributed by atoms with Gasteiger partial charge in [0.1, 0.15) is 5.82 Å². The molecule has 0 aliphatic carbocycles. The standard InChI is InChI=1S/C12H17BrFNO/c1-12(2,15)6-8-4-10(13)9(7-16-3)11(14)5-8/h4-5H,6-7,15H2,1-3H3. The summed E-state index contributed by atoms with van der Waals surface area (Å²) in [5.41, 5.74) is 6.99. The van der Waals surface area contributed by atoms with Gasteiger partial charge in [-0.1, -0.05) is 15.9 Å². The molecule has 0 bridgehead atoms. The van der Waals surface area contributed by atoms with Crippen LogP contribution in [0.25, 0.3) is 0 Å². The van der Waals surface area contributed by atoms with Gasteiger partial charge < -0.3 is 10.5 Å². The van der Waals surface area contributed by atoms with Gasteiger partial charge in [0, 0.05) is 22.7 Å². The number of hydrogen-bond donors (Lipinski definition) is 1. The fraction of sp³-hybridized carbons (Fsp3) is 0.500. The van der Waals surface area contributed by atoms with E-state index in [9.17, 15) is 4.39 Å². The molecule has 4 heteroatoms. The van der Waals surface area contributed by atoms with Gasteiger partial charge in [-0.2, -0.15) is 0 Å². The van der Waals surface area contributed by atoms with Crippen molar-refractivity contribution in [2.24, 2.45) is 5.73 Å². The molecule has 0 saturated carbocycles. The van der Waals surface area contributed by atoms with Crippen molar-refractivity contribution in [3.05, 3.63) is 33.5 Å². The van der Waals surface area contributed by atoms with Gasteiger partial charge in [-0.25, -0.2) is 4.39 Å². The normalized spacial score (nSPS) is 11.9. The van der Waals surface area contributed by atoms with E-state index in [2.05, 4.69) is 15.9 Å². The molecule has 0 heterocycles. The van der Waals surface area contributed by atoms with Crippen molar-refractivity contribution in [3.8, 4) is 0 Å². The number of benzene rings is 1. The minimum Gasteiger partial charge on any atom is -0.380 e. The van der Waals surface area contributed by atoms with Crippen molar-refractivity contribution in [2.75, 3.05) is 7.11 Å². The molecule has 0 radical (unpaired) electrons. The molecular formula is C12H17BrFNO. The SMILES string of the molecule is COCc1c(F)cc(CC(C)(C)N)cc1Br. The van der Waals surface area contributed by atoms with Crippen LogP contribution in [0.4, 0.5) is 4.39 Å². The second kappa shape index (κ2) is 5.25. The van der Waals surface area contributed by atoms with E-state index in [-0.39, 0.29) is 18.0 Å². The van der Waals surface area contributed by atoms with E-state index >= 15 is 0 Å². The molecule has 0 amide bonds. The molecule has 0 aliphatic heterocycles. The van der Waals surface area contributed by atoms with Crippen molar-refractivity contribution in [3.63, 3.8) is 0 Å². The summed E-state index contributed by atoms with van der Waals surface area (Å²) in [4.78, 5) is 0. The molecular weight excluding hydrogens is 273 g/mol. The number of nitrogens with two attached hydrogens (primary N) is 1. The van der Waals surface area contributed by atoms with Crippen molar-refractivity contribution in [1.29, 1.82) is 0 Å². The monoisotopic (exact) mass is 289 g/mol. The maximum absolute atomic E-state index is 13.7. The zero-order valence-electron chi connectivity index (χ0n) is 9.81. The van der Waals surface area contributed by atoms with Crippen LogP contribution >= 0.6 is 15.9 Å². The first-order chi connectivity index (χ1) is 7.33. The summed E-state index contributed by atoms with van der Waals surface area (Å²) < 4.78 is 19.4. The molecule has 0 spiro atoms. The van der Waals surface area contributed by atoms with E-state index in [0.717, 1.165) is 10.0 Å². The lowest BCUT2D eigenvalue weighted by molar-refractivity contribution is 0.181. The summed E-state index contributed by atoms with van der Waals surface area (Å²) >= 11 is 3.35. The van der Waals surface area contributed by atoms with Gasteiger partial charge >= 0.3 is 0 Å². The Hall–Kier alpha value is -0.450. The second-order valence-electron chi connectivity index (χ2n) is 4.64. The summed E-state index contributed by atoms with van der Waals surface area (Å²) in [7, 11) is 1.54. The lowest BCUT2D eigenvalue weighted by Crippen LogP contribution is -2.34. The van der Waals surface area contributed by atoms with Crippen molar-refractivity contribution < 1.29 is 9.13 Å². The number of methoxy groups -OCH3 is 1. The number of rotatable bonds is 4. The zero-order valence-corrected chi connectivity index (χ0v) is 11.4. The molecule has 16 heavy (non-hydrogen) atoms. The third-order valence-electron chi connectivity index (χ3n) is 2.15. The highest BCUT2D eigenvalue weighted by molar-refractivity contribution is 9.10. The topological polar surface area (TPSA) is 35.2 Å². The van der Waals surface area contributed by atoms with E-state index < -0.39 is 0 Å². The lowest BCUT2D eigenvalue weighted by atomic mass is 9.95. The Morgan fingerprint density at radius 1 is 1.44 bits per heavy atom. The Morgan fingerprint density at radius 3 is 2.50 bits per heavy atom. The third-order valence-corrected chi connectivity index (χ3v) is 2.86. The zero-order chi connectivity index (χ0) is 12.3. The van der Waals surface area contributed by atoms with Crippen LogP contribution in [-0.2, 0) is 17.8 Å². The molecule has 2 N–H and O–H groups in total. The molecule has 2 nitrogen and oxygen atoms in total. The maximum atomic E-state index is 13.7. The summed E-state index contributed by atoms with van der Waals surface area (Å²) in [5.74, 6) is -0.254. The molecule has 0 atom stereocenters. The van der Waals surface area contributed by atoms with Crippen LogP contribution in [0.15, 0.2) is 16.6 Å². The Kier molecular flexibility index (Phi) is 4.47. The fourth-order valence-electron chi connectivity index (χ4n) is 1.57. The van der Waals surface area contributed by atoms with Crippen LogP contribution in [0, 0.1) is 5.82 Å². The molecule has 0 aliphatic rings. The van der Waals surface area contributed by atoms with Gasteiger partial charge in [-0.15, -0.1) is 0 Å².